The van der Waals surface area contributed by atoms with Crippen molar-refractivity contribution in [3.63, 3.8) is 0 Å². The molecule has 0 spiro atoms. The zero-order valence-corrected chi connectivity index (χ0v) is 12.9. The van der Waals surface area contributed by atoms with E-state index in [0.29, 0.717) is 10.0 Å². The number of aromatic hydroxyl groups is 2. The number of hydrogen-bond acceptors (Lipinski definition) is 5. The Balaban J connectivity index is 1.85. The number of nitrogens with zero attached hydrogens (tertiary/aromatic N) is 2. The highest BCUT2D eigenvalue weighted by Crippen LogP contribution is 2.33. The number of rotatable bonds is 3. The van der Waals surface area contributed by atoms with Crippen molar-refractivity contribution in [2.24, 2.45) is 5.10 Å². The van der Waals surface area contributed by atoms with Gasteiger partial charge in [0, 0.05) is 11.6 Å². The smallest absolute Gasteiger partial charge is 0.171 e. The van der Waals surface area contributed by atoms with Gasteiger partial charge in [0.05, 0.1) is 21.9 Å². The van der Waals surface area contributed by atoms with Crippen molar-refractivity contribution in [1.82, 2.24) is 4.98 Å². The van der Waals surface area contributed by atoms with Crippen LogP contribution in [0.2, 0.25) is 0 Å². The number of phenolic OH excluding ortho intramolecular Hbond substituents is 2. The number of anilines is 1. The first-order valence-electron chi connectivity index (χ1n) is 6.49. The molecule has 3 aromatic rings. The van der Waals surface area contributed by atoms with Crippen molar-refractivity contribution < 1.29 is 10.2 Å². The van der Waals surface area contributed by atoms with E-state index in [2.05, 4.69) is 31.4 Å². The van der Waals surface area contributed by atoms with Crippen molar-refractivity contribution in [2.45, 2.75) is 0 Å². The van der Waals surface area contributed by atoms with Crippen molar-refractivity contribution in [3.8, 4) is 11.5 Å². The molecular formula is C16H12BrN3O2. The molecule has 1 aromatic heterocycles. The lowest BCUT2D eigenvalue weighted by molar-refractivity contribution is 0.401. The van der Waals surface area contributed by atoms with Gasteiger partial charge in [-0.15, -0.1) is 0 Å². The average Bonchev–Trinajstić information content (AvgIpc) is 2.53. The fourth-order valence-electron chi connectivity index (χ4n) is 2.05. The van der Waals surface area contributed by atoms with Gasteiger partial charge in [-0.05, 0) is 45.8 Å². The van der Waals surface area contributed by atoms with E-state index < -0.39 is 0 Å². The Morgan fingerprint density at radius 1 is 1.14 bits per heavy atom. The maximum atomic E-state index is 9.57. The highest BCUT2D eigenvalue weighted by Gasteiger charge is 2.05. The molecule has 0 atom stereocenters. The minimum Gasteiger partial charge on any atom is -0.504 e. The third-order valence-corrected chi connectivity index (χ3v) is 3.70. The second-order valence-corrected chi connectivity index (χ2v) is 5.48. The summed E-state index contributed by atoms with van der Waals surface area (Å²) in [5, 5.41) is 24.2. The molecule has 2 aromatic carbocycles. The number of hydrazone groups is 1. The predicted octanol–water partition coefficient (Wildman–Crippen LogP) is 3.85. The van der Waals surface area contributed by atoms with Gasteiger partial charge in [0.2, 0.25) is 0 Å². The first-order chi connectivity index (χ1) is 10.6. The predicted molar refractivity (Wildman–Crippen MR) is 90.4 cm³/mol. The molecule has 0 radical (unpaired) electrons. The second-order valence-electron chi connectivity index (χ2n) is 4.62. The Morgan fingerprint density at radius 3 is 2.77 bits per heavy atom. The van der Waals surface area contributed by atoms with E-state index >= 15 is 0 Å². The van der Waals surface area contributed by atoms with E-state index in [4.69, 9.17) is 0 Å². The third-order valence-electron chi connectivity index (χ3n) is 3.10. The molecule has 0 amide bonds. The fourth-order valence-corrected chi connectivity index (χ4v) is 2.52. The van der Waals surface area contributed by atoms with Gasteiger partial charge in [-0.1, -0.05) is 18.2 Å². The maximum absolute atomic E-state index is 9.57. The summed E-state index contributed by atoms with van der Waals surface area (Å²) in [6.45, 7) is 0. The summed E-state index contributed by atoms with van der Waals surface area (Å²) < 4.78 is 0.403. The van der Waals surface area contributed by atoms with Crippen molar-refractivity contribution in [2.75, 3.05) is 5.43 Å². The Morgan fingerprint density at radius 2 is 1.95 bits per heavy atom. The Bertz CT molecular complexity index is 837. The summed E-state index contributed by atoms with van der Waals surface area (Å²) in [6, 6.07) is 12.7. The van der Waals surface area contributed by atoms with Crippen LogP contribution in [0.5, 0.6) is 11.5 Å². The zero-order valence-electron chi connectivity index (χ0n) is 11.4. The highest BCUT2D eigenvalue weighted by atomic mass is 79.9. The summed E-state index contributed by atoms with van der Waals surface area (Å²) in [4.78, 5) is 4.33. The molecule has 0 aliphatic heterocycles. The lowest BCUT2D eigenvalue weighted by Gasteiger charge is -2.05. The van der Waals surface area contributed by atoms with Crippen LogP contribution in [0.25, 0.3) is 10.9 Å². The molecule has 1 heterocycles. The molecule has 0 bridgehead atoms. The minimum absolute atomic E-state index is 0.191. The standard InChI is InChI=1S/C16H12BrN3O2/c17-12-7-10(8-14(21)16(12)22)9-19-20-13-5-1-3-11-4-2-6-18-15(11)13/h1-9,20-22H/b19-9-. The Hall–Kier alpha value is -2.60. The molecule has 3 rings (SSSR count). The number of phenols is 2. The van der Waals surface area contributed by atoms with Crippen LogP contribution < -0.4 is 5.43 Å². The van der Waals surface area contributed by atoms with E-state index in [9.17, 15) is 10.2 Å². The molecule has 110 valence electrons. The van der Waals surface area contributed by atoms with Crippen LogP contribution in [0.4, 0.5) is 5.69 Å². The minimum atomic E-state index is -0.206. The summed E-state index contributed by atoms with van der Waals surface area (Å²) in [7, 11) is 0. The highest BCUT2D eigenvalue weighted by molar-refractivity contribution is 9.10. The second kappa shape index (κ2) is 6.03. The van der Waals surface area contributed by atoms with E-state index in [-0.39, 0.29) is 11.5 Å². The summed E-state index contributed by atoms with van der Waals surface area (Å²) in [5.41, 5.74) is 5.20. The lowest BCUT2D eigenvalue weighted by atomic mass is 10.2. The van der Waals surface area contributed by atoms with E-state index in [1.165, 1.54) is 6.07 Å². The van der Waals surface area contributed by atoms with E-state index in [1.807, 2.05) is 30.3 Å². The molecule has 0 aliphatic rings. The molecule has 3 N–H and O–H groups in total. The van der Waals surface area contributed by atoms with Gasteiger partial charge in [0.1, 0.15) is 0 Å². The van der Waals surface area contributed by atoms with Gasteiger partial charge in [0.25, 0.3) is 0 Å². The van der Waals surface area contributed by atoms with Gasteiger partial charge < -0.3 is 10.2 Å². The van der Waals surface area contributed by atoms with Crippen LogP contribution in [-0.2, 0) is 0 Å². The van der Waals surface area contributed by atoms with Crippen molar-refractivity contribution >= 4 is 38.7 Å². The monoisotopic (exact) mass is 357 g/mol. The van der Waals surface area contributed by atoms with Gasteiger partial charge >= 0.3 is 0 Å². The first-order valence-corrected chi connectivity index (χ1v) is 7.29. The fraction of sp³-hybridized carbons (Fsp3) is 0. The van der Waals surface area contributed by atoms with Crippen molar-refractivity contribution in [1.29, 1.82) is 0 Å². The van der Waals surface area contributed by atoms with Gasteiger partial charge in [-0.2, -0.15) is 5.10 Å². The number of para-hydroxylation sites is 1. The Labute approximate surface area is 135 Å². The third kappa shape index (κ3) is 2.87. The molecule has 0 unspecified atom stereocenters. The first kappa shape index (κ1) is 14.3. The van der Waals surface area contributed by atoms with Crippen LogP contribution in [-0.4, -0.2) is 21.4 Å². The van der Waals surface area contributed by atoms with Gasteiger partial charge in [-0.3, -0.25) is 10.4 Å². The number of aromatic nitrogens is 1. The van der Waals surface area contributed by atoms with Gasteiger partial charge in [0.15, 0.2) is 11.5 Å². The zero-order chi connectivity index (χ0) is 15.5. The lowest BCUT2D eigenvalue weighted by Crippen LogP contribution is -1.93. The summed E-state index contributed by atoms with van der Waals surface area (Å²) in [5.74, 6) is -0.397. The van der Waals surface area contributed by atoms with E-state index in [1.54, 1.807) is 18.5 Å². The number of halogens is 1. The number of nitrogens with one attached hydrogen (secondary N) is 1. The molecule has 0 fully saturated rings. The van der Waals surface area contributed by atoms with Gasteiger partial charge in [-0.25, -0.2) is 0 Å². The van der Waals surface area contributed by atoms with Crippen LogP contribution in [0.1, 0.15) is 5.56 Å². The summed E-state index contributed by atoms with van der Waals surface area (Å²) in [6.07, 6.45) is 3.28. The SMILES string of the molecule is Oc1cc(/C=N\Nc2cccc3cccnc23)cc(Br)c1O. The quantitative estimate of drug-likeness (QED) is 0.378. The maximum Gasteiger partial charge on any atom is 0.171 e. The molecular weight excluding hydrogens is 346 g/mol. The Kier molecular flexibility index (Phi) is 3.93. The molecule has 5 nitrogen and oxygen atoms in total. The number of benzene rings is 2. The van der Waals surface area contributed by atoms with Crippen LogP contribution in [0, 0.1) is 0 Å². The average molecular weight is 358 g/mol. The molecule has 6 heteroatoms. The summed E-state index contributed by atoms with van der Waals surface area (Å²) >= 11 is 3.16. The number of pyridine rings is 1. The topological polar surface area (TPSA) is 77.7 Å². The van der Waals surface area contributed by atoms with Crippen molar-refractivity contribution in [3.05, 3.63) is 58.7 Å². The largest absolute Gasteiger partial charge is 0.504 e. The molecule has 0 aliphatic carbocycles. The normalized spacial score (nSPS) is 11.1. The van der Waals surface area contributed by atoms with E-state index in [0.717, 1.165) is 16.6 Å². The number of hydrogen-bond donors (Lipinski definition) is 3. The number of fused-ring (bicyclic) bond motifs is 1. The molecule has 22 heavy (non-hydrogen) atoms. The van der Waals surface area contributed by atoms with Crippen LogP contribution >= 0.6 is 15.9 Å². The van der Waals surface area contributed by atoms with Crippen LogP contribution in [0.15, 0.2) is 58.2 Å². The molecule has 0 saturated heterocycles. The molecule has 0 saturated carbocycles. The van der Waals surface area contributed by atoms with Crippen LogP contribution in [0.3, 0.4) is 0 Å².